The van der Waals surface area contributed by atoms with E-state index in [0.29, 0.717) is 0 Å². The van der Waals surface area contributed by atoms with Gasteiger partial charge in [-0.1, -0.05) is 145 Å². The maximum Gasteiger partial charge on any atom is 0.179 e. The molecular weight excluding hydrogens is 589 g/mol. The fourth-order valence-electron chi connectivity index (χ4n) is 6.85. The molecule has 8 rings (SSSR count). The van der Waals surface area contributed by atoms with Gasteiger partial charge in [-0.05, 0) is 63.2 Å². The standard InChI is InChI=1S/C42H30BNSSi/c43-31-20-22-32(23-21-31)44(34-26-29-40-39-18-10-11-19-41(39)45-42(40)30-34)33-24-27-38(28-25-33)46(35-12-4-1-5-13-35,36-14-6-2-7-15-36)37-16-8-3-9-17-37/h1-30H. The third-order valence-electron chi connectivity index (χ3n) is 8.95. The van der Waals surface area contributed by atoms with Gasteiger partial charge in [0.05, 0.1) is 0 Å². The minimum atomic E-state index is -2.61. The zero-order chi connectivity index (χ0) is 30.9. The molecule has 46 heavy (non-hydrogen) atoms. The Kier molecular flexibility index (Phi) is 7.38. The molecule has 0 spiro atoms. The Labute approximate surface area is 276 Å². The van der Waals surface area contributed by atoms with Crippen LogP contribution in [0.5, 0.6) is 0 Å². The van der Waals surface area contributed by atoms with E-state index >= 15 is 0 Å². The Hall–Kier alpha value is -5.16. The van der Waals surface area contributed by atoms with Gasteiger partial charge in [0.25, 0.3) is 0 Å². The highest BCUT2D eigenvalue weighted by atomic mass is 32.1. The van der Waals surface area contributed by atoms with Crippen molar-refractivity contribution in [3.63, 3.8) is 0 Å². The zero-order valence-corrected chi connectivity index (χ0v) is 27.1. The summed E-state index contributed by atoms with van der Waals surface area (Å²) in [4.78, 5) is 2.34. The average Bonchev–Trinajstić information content (AvgIpc) is 3.50. The normalized spacial score (nSPS) is 11.6. The van der Waals surface area contributed by atoms with Crippen LogP contribution >= 0.6 is 11.3 Å². The van der Waals surface area contributed by atoms with E-state index in [4.69, 9.17) is 7.85 Å². The van der Waals surface area contributed by atoms with Crippen LogP contribution in [0.3, 0.4) is 0 Å². The molecule has 0 bridgehead atoms. The van der Waals surface area contributed by atoms with Gasteiger partial charge < -0.3 is 4.90 Å². The van der Waals surface area contributed by atoms with Gasteiger partial charge in [0.2, 0.25) is 0 Å². The SMILES string of the molecule is [B]c1ccc(N(c2ccc([Si](c3ccccc3)(c3ccccc3)c3ccccc3)cc2)c2ccc3c(c2)sc2ccccc23)cc1. The van der Waals surface area contributed by atoms with E-state index in [1.54, 1.807) is 0 Å². The van der Waals surface area contributed by atoms with Gasteiger partial charge in [-0.3, -0.25) is 0 Å². The van der Waals surface area contributed by atoms with Crippen molar-refractivity contribution >= 4 is 90.7 Å². The Morgan fingerprint density at radius 1 is 0.391 bits per heavy atom. The highest BCUT2D eigenvalue weighted by Gasteiger charge is 2.41. The summed E-state index contributed by atoms with van der Waals surface area (Å²) in [6, 6.07) is 66.1. The predicted octanol–water partition coefficient (Wildman–Crippen LogP) is 7.70. The molecule has 0 N–H and O–H groups in total. The molecule has 1 heterocycles. The van der Waals surface area contributed by atoms with Gasteiger partial charge in [-0.15, -0.1) is 11.3 Å². The molecule has 0 atom stereocenters. The van der Waals surface area contributed by atoms with Gasteiger partial charge in [-0.2, -0.15) is 0 Å². The Morgan fingerprint density at radius 2 is 0.826 bits per heavy atom. The summed E-state index contributed by atoms with van der Waals surface area (Å²) in [5.41, 5.74) is 4.05. The Balaban J connectivity index is 1.32. The minimum absolute atomic E-state index is 0.753. The molecule has 0 aliphatic carbocycles. The molecule has 4 heteroatoms. The van der Waals surface area contributed by atoms with Gasteiger partial charge in [-0.25, -0.2) is 0 Å². The molecule has 0 amide bonds. The number of nitrogens with zero attached hydrogens (tertiary/aromatic N) is 1. The van der Waals surface area contributed by atoms with Crippen molar-refractivity contribution in [2.24, 2.45) is 0 Å². The molecule has 0 unspecified atom stereocenters. The topological polar surface area (TPSA) is 3.24 Å². The fourth-order valence-corrected chi connectivity index (χ4v) is 12.7. The molecular formula is C42H30BNSSi. The lowest BCUT2D eigenvalue weighted by molar-refractivity contribution is 1.29. The number of benzene rings is 7. The second-order valence-corrected chi connectivity index (χ2v) is 16.5. The van der Waals surface area contributed by atoms with Gasteiger partial charge in [0.15, 0.2) is 8.07 Å². The fraction of sp³-hybridized carbons (Fsp3) is 0. The van der Waals surface area contributed by atoms with E-state index in [-0.39, 0.29) is 0 Å². The third kappa shape index (κ3) is 4.87. The predicted molar refractivity (Wildman–Crippen MR) is 203 cm³/mol. The molecule has 0 aliphatic heterocycles. The van der Waals surface area contributed by atoms with Crippen molar-refractivity contribution in [1.29, 1.82) is 0 Å². The molecule has 216 valence electrons. The first-order valence-corrected chi connectivity index (χ1v) is 18.4. The molecule has 2 radical (unpaired) electrons. The van der Waals surface area contributed by atoms with Crippen LogP contribution in [0.4, 0.5) is 17.1 Å². The summed E-state index contributed by atoms with van der Waals surface area (Å²) >= 11 is 1.84. The highest BCUT2D eigenvalue weighted by Crippen LogP contribution is 2.40. The second kappa shape index (κ2) is 12.0. The van der Waals surface area contributed by atoms with E-state index in [1.807, 2.05) is 23.5 Å². The molecule has 1 aromatic heterocycles. The summed E-state index contributed by atoms with van der Waals surface area (Å²) < 4.78 is 2.58. The van der Waals surface area contributed by atoms with Gasteiger partial charge in [0.1, 0.15) is 7.85 Å². The van der Waals surface area contributed by atoms with Gasteiger partial charge in [0, 0.05) is 37.2 Å². The molecule has 1 nitrogen and oxygen atoms in total. The van der Waals surface area contributed by atoms with Crippen molar-refractivity contribution in [3.8, 4) is 0 Å². The summed E-state index contributed by atoms with van der Waals surface area (Å²) in [6.07, 6.45) is 0. The van der Waals surface area contributed by atoms with Crippen LogP contribution in [0.2, 0.25) is 0 Å². The van der Waals surface area contributed by atoms with E-state index in [0.717, 1.165) is 22.5 Å². The van der Waals surface area contributed by atoms with Crippen LogP contribution in [0.1, 0.15) is 0 Å². The average molecular weight is 620 g/mol. The van der Waals surface area contributed by atoms with Crippen molar-refractivity contribution in [2.75, 3.05) is 4.90 Å². The summed E-state index contributed by atoms with van der Waals surface area (Å²) in [6.45, 7) is 0. The van der Waals surface area contributed by atoms with Crippen molar-refractivity contribution in [3.05, 3.63) is 182 Å². The smallest absolute Gasteiger partial charge is 0.179 e. The first kappa shape index (κ1) is 28.3. The number of rotatable bonds is 7. The summed E-state index contributed by atoms with van der Waals surface area (Å²) in [7, 11) is 3.53. The van der Waals surface area contributed by atoms with Crippen LogP contribution in [-0.2, 0) is 0 Å². The molecule has 7 aromatic carbocycles. The summed E-state index contributed by atoms with van der Waals surface area (Å²) in [5, 5.41) is 8.04. The monoisotopic (exact) mass is 619 g/mol. The van der Waals surface area contributed by atoms with E-state index in [9.17, 15) is 0 Å². The van der Waals surface area contributed by atoms with Crippen LogP contribution in [0, 0.1) is 0 Å². The van der Waals surface area contributed by atoms with Crippen molar-refractivity contribution in [2.45, 2.75) is 0 Å². The summed E-state index contributed by atoms with van der Waals surface area (Å²) in [5.74, 6) is 0. The molecule has 0 fully saturated rings. The third-order valence-corrected chi connectivity index (χ3v) is 14.9. The van der Waals surface area contributed by atoms with Crippen LogP contribution < -0.4 is 31.1 Å². The Bertz CT molecular complexity index is 2150. The van der Waals surface area contributed by atoms with Crippen molar-refractivity contribution < 1.29 is 0 Å². The maximum absolute atomic E-state index is 6.14. The zero-order valence-electron chi connectivity index (χ0n) is 25.3. The van der Waals surface area contributed by atoms with Crippen LogP contribution in [-0.4, -0.2) is 15.9 Å². The quantitative estimate of drug-likeness (QED) is 0.131. The molecule has 0 saturated heterocycles. The molecule has 0 aliphatic rings. The lowest BCUT2D eigenvalue weighted by Gasteiger charge is -2.35. The first-order valence-electron chi connectivity index (χ1n) is 15.6. The first-order chi connectivity index (χ1) is 22.7. The lowest BCUT2D eigenvalue weighted by atomic mass is 9.96. The maximum atomic E-state index is 6.14. The molecule has 8 aromatic rings. The second-order valence-electron chi connectivity index (χ2n) is 11.6. The van der Waals surface area contributed by atoms with Gasteiger partial charge >= 0.3 is 0 Å². The molecule has 0 saturated carbocycles. The lowest BCUT2D eigenvalue weighted by Crippen LogP contribution is -2.74. The van der Waals surface area contributed by atoms with E-state index in [2.05, 4.69) is 175 Å². The number of hydrogen-bond donors (Lipinski definition) is 0. The van der Waals surface area contributed by atoms with E-state index < -0.39 is 8.07 Å². The number of fused-ring (bicyclic) bond motifs is 3. The van der Waals surface area contributed by atoms with Crippen LogP contribution in [0.25, 0.3) is 20.2 Å². The largest absolute Gasteiger partial charge is 0.310 e. The number of hydrogen-bond acceptors (Lipinski definition) is 2. The van der Waals surface area contributed by atoms with Crippen molar-refractivity contribution in [1.82, 2.24) is 0 Å². The van der Waals surface area contributed by atoms with Crippen LogP contribution in [0.15, 0.2) is 182 Å². The minimum Gasteiger partial charge on any atom is -0.310 e. The number of thiophene rings is 1. The van der Waals surface area contributed by atoms with E-state index in [1.165, 1.54) is 40.9 Å². The number of anilines is 3. The Morgan fingerprint density at radius 3 is 1.39 bits per heavy atom. The highest BCUT2D eigenvalue weighted by molar-refractivity contribution is 7.25.